The summed E-state index contributed by atoms with van der Waals surface area (Å²) < 4.78 is 33.0. The Hall–Kier alpha value is -2.42. The van der Waals surface area contributed by atoms with Gasteiger partial charge >= 0.3 is 5.97 Å². The zero-order valence-corrected chi connectivity index (χ0v) is 19.8. The van der Waals surface area contributed by atoms with Gasteiger partial charge in [-0.2, -0.15) is 4.31 Å². The van der Waals surface area contributed by atoms with Crippen molar-refractivity contribution >= 4 is 33.5 Å². The molecule has 0 spiro atoms. The minimum Gasteiger partial charge on any atom is -0.452 e. The summed E-state index contributed by atoms with van der Waals surface area (Å²) in [6.45, 7) is 0.382. The lowest BCUT2D eigenvalue weighted by Crippen LogP contribution is -2.39. The van der Waals surface area contributed by atoms with Crippen LogP contribution in [0.1, 0.15) is 41.6 Å². The number of rotatable bonds is 8. The van der Waals surface area contributed by atoms with Crippen LogP contribution in [0.2, 0.25) is 5.02 Å². The number of halogens is 1. The molecule has 2 aliphatic rings. The van der Waals surface area contributed by atoms with Crippen LogP contribution >= 0.6 is 11.6 Å². The van der Waals surface area contributed by atoms with E-state index in [0.29, 0.717) is 19.0 Å². The summed E-state index contributed by atoms with van der Waals surface area (Å²) in [6.07, 6.45) is 4.29. The molecule has 2 aromatic rings. The Morgan fingerprint density at radius 1 is 1.03 bits per heavy atom. The van der Waals surface area contributed by atoms with Gasteiger partial charge in [0.1, 0.15) is 4.90 Å². The first-order valence-corrected chi connectivity index (χ1v) is 12.9. The van der Waals surface area contributed by atoms with Crippen molar-refractivity contribution in [2.75, 3.05) is 19.7 Å². The van der Waals surface area contributed by atoms with Gasteiger partial charge in [0.15, 0.2) is 6.61 Å². The Morgan fingerprint density at radius 3 is 2.39 bits per heavy atom. The molecule has 1 aliphatic carbocycles. The summed E-state index contributed by atoms with van der Waals surface area (Å²) in [5.74, 6) is -0.723. The van der Waals surface area contributed by atoms with Crippen LogP contribution in [0, 0.1) is 5.92 Å². The predicted octanol–water partition coefficient (Wildman–Crippen LogP) is 3.42. The van der Waals surface area contributed by atoms with Gasteiger partial charge in [0.2, 0.25) is 10.0 Å². The second-order valence-electron chi connectivity index (χ2n) is 8.60. The fourth-order valence-electron chi connectivity index (χ4n) is 3.98. The molecule has 1 saturated heterocycles. The molecule has 4 rings (SSSR count). The van der Waals surface area contributed by atoms with Crippen LogP contribution in [0.5, 0.6) is 0 Å². The molecular weight excluding hydrogens is 464 g/mol. The van der Waals surface area contributed by atoms with E-state index in [1.165, 1.54) is 28.1 Å². The van der Waals surface area contributed by atoms with Crippen LogP contribution in [0.15, 0.2) is 53.4 Å². The molecule has 0 radical (unpaired) electrons. The van der Waals surface area contributed by atoms with E-state index in [9.17, 15) is 18.0 Å². The lowest BCUT2D eigenvalue weighted by atomic mass is 9.91. The number of carbonyl (C=O) groups is 2. The van der Waals surface area contributed by atoms with Crippen molar-refractivity contribution in [1.29, 1.82) is 0 Å². The first-order valence-electron chi connectivity index (χ1n) is 11.1. The van der Waals surface area contributed by atoms with E-state index >= 15 is 0 Å². The number of nitrogens with one attached hydrogen (secondary N) is 1. The standard InChI is InChI=1S/C24H27ClN2O5S/c25-21-9-6-19(24(29)32-16-23(28)26-20-7-8-20)15-22(21)33(30,31)27-12-10-18(11-13-27)14-17-4-2-1-3-5-17/h1-6,9,15,18,20H,7-8,10-14,16H2,(H,26,28). The molecule has 9 heteroatoms. The summed E-state index contributed by atoms with van der Waals surface area (Å²) >= 11 is 6.21. The zero-order chi connectivity index (χ0) is 23.4. The highest BCUT2D eigenvalue weighted by atomic mass is 35.5. The Bertz CT molecular complexity index is 1110. The molecule has 1 saturated carbocycles. The van der Waals surface area contributed by atoms with Gasteiger partial charge in [0, 0.05) is 19.1 Å². The fraction of sp³-hybridized carbons (Fsp3) is 0.417. The number of ether oxygens (including phenoxy) is 1. The minimum atomic E-state index is -3.87. The van der Waals surface area contributed by atoms with Crippen molar-refractivity contribution < 1.29 is 22.7 Å². The van der Waals surface area contributed by atoms with Crippen LogP contribution in [0.3, 0.4) is 0 Å². The van der Waals surface area contributed by atoms with Gasteiger partial charge in [-0.3, -0.25) is 4.79 Å². The largest absolute Gasteiger partial charge is 0.452 e. The maximum Gasteiger partial charge on any atom is 0.338 e. The van der Waals surface area contributed by atoms with E-state index in [-0.39, 0.29) is 27.4 Å². The smallest absolute Gasteiger partial charge is 0.338 e. The first-order chi connectivity index (χ1) is 15.8. The van der Waals surface area contributed by atoms with Crippen molar-refractivity contribution in [1.82, 2.24) is 9.62 Å². The fourth-order valence-corrected chi connectivity index (χ4v) is 5.95. The Morgan fingerprint density at radius 2 is 1.73 bits per heavy atom. The third kappa shape index (κ3) is 6.13. The molecule has 0 unspecified atom stereocenters. The number of piperidine rings is 1. The summed E-state index contributed by atoms with van der Waals surface area (Å²) in [5, 5.41) is 2.77. The van der Waals surface area contributed by atoms with Crippen molar-refractivity contribution in [2.24, 2.45) is 5.92 Å². The molecule has 1 amide bonds. The summed E-state index contributed by atoms with van der Waals surface area (Å²) in [4.78, 5) is 24.0. The molecule has 1 heterocycles. The number of esters is 1. The molecule has 2 aromatic carbocycles. The summed E-state index contributed by atoms with van der Waals surface area (Å²) in [5.41, 5.74) is 1.29. The van der Waals surface area contributed by atoms with Crippen molar-refractivity contribution in [3.63, 3.8) is 0 Å². The maximum absolute atomic E-state index is 13.3. The lowest BCUT2D eigenvalue weighted by Gasteiger charge is -2.31. The second-order valence-corrected chi connectivity index (χ2v) is 10.9. The molecule has 0 bridgehead atoms. The highest BCUT2D eigenvalue weighted by Gasteiger charge is 2.32. The molecule has 0 atom stereocenters. The topological polar surface area (TPSA) is 92.8 Å². The third-order valence-electron chi connectivity index (χ3n) is 6.00. The van der Waals surface area contributed by atoms with E-state index in [4.69, 9.17) is 16.3 Å². The number of hydrogen-bond acceptors (Lipinski definition) is 5. The van der Waals surface area contributed by atoms with E-state index in [1.807, 2.05) is 18.2 Å². The minimum absolute atomic E-state index is 0.0381. The molecule has 0 aromatic heterocycles. The number of carbonyl (C=O) groups excluding carboxylic acids is 2. The van der Waals surface area contributed by atoms with Crippen molar-refractivity contribution in [3.05, 3.63) is 64.7 Å². The van der Waals surface area contributed by atoms with E-state index in [1.54, 1.807) is 0 Å². The number of sulfonamides is 1. The molecule has 7 nitrogen and oxygen atoms in total. The normalized spacial score (nSPS) is 17.5. The average Bonchev–Trinajstić information content (AvgIpc) is 3.62. The number of hydrogen-bond donors (Lipinski definition) is 1. The van der Waals surface area contributed by atoms with Gasteiger partial charge in [-0.1, -0.05) is 41.9 Å². The molecule has 1 aliphatic heterocycles. The second kappa shape index (κ2) is 10.2. The van der Waals surface area contributed by atoms with Crippen molar-refractivity contribution in [3.8, 4) is 0 Å². The molecular formula is C24H27ClN2O5S. The van der Waals surface area contributed by atoms with E-state index in [2.05, 4.69) is 17.4 Å². The van der Waals surface area contributed by atoms with Crippen LogP contribution < -0.4 is 5.32 Å². The zero-order valence-electron chi connectivity index (χ0n) is 18.2. The summed E-state index contributed by atoms with van der Waals surface area (Å²) in [7, 11) is -3.87. The quantitative estimate of drug-likeness (QED) is 0.572. The van der Waals surface area contributed by atoms with Gasteiger partial charge < -0.3 is 10.1 Å². The van der Waals surface area contributed by atoms with Crippen LogP contribution in [0.25, 0.3) is 0 Å². The van der Waals surface area contributed by atoms with Gasteiger partial charge in [-0.25, -0.2) is 13.2 Å². The van der Waals surface area contributed by atoms with E-state index in [0.717, 1.165) is 32.1 Å². The lowest BCUT2D eigenvalue weighted by molar-refractivity contribution is -0.124. The van der Waals surface area contributed by atoms with E-state index < -0.39 is 22.6 Å². The Balaban J connectivity index is 1.38. The average molecular weight is 491 g/mol. The first kappa shape index (κ1) is 23.7. The van der Waals surface area contributed by atoms with Crippen molar-refractivity contribution in [2.45, 2.75) is 43.0 Å². The number of amides is 1. The summed E-state index contributed by atoms with van der Waals surface area (Å²) in [6, 6.07) is 14.3. The van der Waals surface area contributed by atoms with Crippen LogP contribution in [-0.4, -0.2) is 50.3 Å². The highest BCUT2D eigenvalue weighted by molar-refractivity contribution is 7.89. The van der Waals surface area contributed by atoms with Crippen LogP contribution in [-0.2, 0) is 26.0 Å². The monoisotopic (exact) mass is 490 g/mol. The Kier molecular flexibility index (Phi) is 7.36. The van der Waals surface area contributed by atoms with Gasteiger partial charge in [-0.05, 0) is 61.8 Å². The SMILES string of the molecule is O=C(COC(=O)c1ccc(Cl)c(S(=O)(=O)N2CCC(Cc3ccccc3)CC2)c1)NC1CC1. The van der Waals surface area contributed by atoms with Gasteiger partial charge in [0.05, 0.1) is 10.6 Å². The molecule has 2 fully saturated rings. The number of nitrogens with zero attached hydrogens (tertiary/aromatic N) is 1. The van der Waals surface area contributed by atoms with Gasteiger partial charge in [-0.15, -0.1) is 0 Å². The van der Waals surface area contributed by atoms with Crippen LogP contribution in [0.4, 0.5) is 0 Å². The molecule has 176 valence electrons. The maximum atomic E-state index is 13.3. The number of benzene rings is 2. The highest BCUT2D eigenvalue weighted by Crippen LogP contribution is 2.30. The molecule has 1 N–H and O–H groups in total. The Labute approximate surface area is 199 Å². The van der Waals surface area contributed by atoms with Gasteiger partial charge in [0.25, 0.3) is 5.91 Å². The predicted molar refractivity (Wildman–Crippen MR) is 125 cm³/mol. The third-order valence-corrected chi connectivity index (χ3v) is 8.38. The molecule has 33 heavy (non-hydrogen) atoms.